The molecule has 0 nitrogen and oxygen atoms in total. The first-order valence-corrected chi connectivity index (χ1v) is 7.49. The van der Waals surface area contributed by atoms with Crippen molar-refractivity contribution in [2.24, 2.45) is 0 Å². The highest BCUT2D eigenvalue weighted by molar-refractivity contribution is 9.10. The normalized spacial score (nSPS) is 12.4. The first kappa shape index (κ1) is 14.5. The van der Waals surface area contributed by atoms with Crippen molar-refractivity contribution in [3.63, 3.8) is 0 Å². The Balaban J connectivity index is 2.26. The molecule has 0 saturated carbocycles. The van der Waals surface area contributed by atoms with E-state index in [1.165, 1.54) is 11.6 Å². The van der Waals surface area contributed by atoms with Crippen molar-refractivity contribution in [3.8, 4) is 0 Å². The fourth-order valence-electron chi connectivity index (χ4n) is 2.15. The van der Waals surface area contributed by atoms with Gasteiger partial charge in [0, 0.05) is 16.3 Å². The second kappa shape index (κ2) is 6.53. The van der Waals surface area contributed by atoms with Crippen molar-refractivity contribution in [1.82, 2.24) is 0 Å². The van der Waals surface area contributed by atoms with Gasteiger partial charge in [0.15, 0.2) is 0 Å². The molecule has 0 aliphatic carbocycles. The van der Waals surface area contributed by atoms with Crippen LogP contribution in [-0.2, 0) is 6.42 Å². The zero-order chi connectivity index (χ0) is 13.8. The van der Waals surface area contributed by atoms with Gasteiger partial charge in [-0.25, -0.2) is 4.39 Å². The molecule has 0 aromatic heterocycles. The molecule has 0 bridgehead atoms. The molecule has 0 saturated heterocycles. The summed E-state index contributed by atoms with van der Waals surface area (Å²) in [5.74, 6) is 0.436. The predicted octanol–water partition coefficient (Wildman–Crippen LogP) is 5.46. The minimum atomic E-state index is -0.175. The van der Waals surface area contributed by atoms with Gasteiger partial charge in [-0.2, -0.15) is 0 Å². The number of alkyl halides is 1. The van der Waals surface area contributed by atoms with Crippen LogP contribution in [0.3, 0.4) is 0 Å². The van der Waals surface area contributed by atoms with Crippen molar-refractivity contribution in [2.75, 3.05) is 5.88 Å². The Kier molecular flexibility index (Phi) is 5.00. The van der Waals surface area contributed by atoms with E-state index in [2.05, 4.69) is 41.1 Å². The monoisotopic (exact) mass is 340 g/mol. The van der Waals surface area contributed by atoms with Gasteiger partial charge in [0.25, 0.3) is 0 Å². The number of hydrogen-bond donors (Lipinski definition) is 0. The van der Waals surface area contributed by atoms with Gasteiger partial charge < -0.3 is 0 Å². The number of hydrogen-bond acceptors (Lipinski definition) is 0. The molecular weight excluding hydrogens is 327 g/mol. The Hall–Kier alpha value is -0.860. The first-order chi connectivity index (χ1) is 9.10. The van der Waals surface area contributed by atoms with E-state index in [1.807, 2.05) is 12.1 Å². The Labute approximate surface area is 126 Å². The van der Waals surface area contributed by atoms with Gasteiger partial charge in [0.2, 0.25) is 0 Å². The van der Waals surface area contributed by atoms with Crippen LogP contribution >= 0.6 is 27.5 Å². The highest BCUT2D eigenvalue weighted by Gasteiger charge is 2.14. The summed E-state index contributed by atoms with van der Waals surface area (Å²) in [7, 11) is 0. The largest absolute Gasteiger partial charge is 0.207 e. The Morgan fingerprint density at radius 2 is 2.00 bits per heavy atom. The van der Waals surface area contributed by atoms with Crippen LogP contribution in [0.1, 0.15) is 22.6 Å². The second-order valence-electron chi connectivity index (χ2n) is 4.71. The van der Waals surface area contributed by atoms with E-state index >= 15 is 0 Å². The summed E-state index contributed by atoms with van der Waals surface area (Å²) in [6.07, 6.45) is 0.609. The van der Waals surface area contributed by atoms with E-state index in [4.69, 9.17) is 11.6 Å². The molecule has 0 heterocycles. The average molecular weight is 342 g/mol. The van der Waals surface area contributed by atoms with Gasteiger partial charge in [0.1, 0.15) is 5.82 Å². The third-order valence-corrected chi connectivity index (χ3v) is 4.04. The van der Waals surface area contributed by atoms with E-state index in [9.17, 15) is 4.39 Å². The van der Waals surface area contributed by atoms with Gasteiger partial charge >= 0.3 is 0 Å². The van der Waals surface area contributed by atoms with Crippen molar-refractivity contribution in [3.05, 3.63) is 69.4 Å². The van der Waals surface area contributed by atoms with Gasteiger partial charge in [-0.1, -0.05) is 45.8 Å². The summed E-state index contributed by atoms with van der Waals surface area (Å²) < 4.78 is 14.7. The molecule has 0 spiro atoms. The standard InChI is InChI=1S/C16H15BrClF/c1-11-3-2-4-12(7-11)14(10-18)8-13-9-15(17)5-6-16(13)19/h2-7,9,14H,8,10H2,1H3. The van der Waals surface area contributed by atoms with Crippen LogP contribution in [0.5, 0.6) is 0 Å². The molecule has 1 atom stereocenters. The van der Waals surface area contributed by atoms with Crippen molar-refractivity contribution in [2.45, 2.75) is 19.3 Å². The number of rotatable bonds is 4. The van der Waals surface area contributed by atoms with Crippen LogP contribution in [0, 0.1) is 12.7 Å². The summed E-state index contributed by atoms with van der Waals surface area (Å²) in [4.78, 5) is 0. The highest BCUT2D eigenvalue weighted by Crippen LogP contribution is 2.26. The molecule has 2 rings (SSSR count). The summed E-state index contributed by atoms with van der Waals surface area (Å²) in [5.41, 5.74) is 3.05. The molecule has 0 aliphatic heterocycles. The summed E-state index contributed by atoms with van der Waals surface area (Å²) in [6, 6.07) is 13.3. The van der Waals surface area contributed by atoms with Crippen LogP contribution in [0.4, 0.5) is 4.39 Å². The molecule has 100 valence electrons. The Morgan fingerprint density at radius 3 is 2.68 bits per heavy atom. The SMILES string of the molecule is Cc1cccc(C(CCl)Cc2cc(Br)ccc2F)c1. The zero-order valence-electron chi connectivity index (χ0n) is 10.7. The maximum atomic E-state index is 13.8. The average Bonchev–Trinajstić information content (AvgIpc) is 2.39. The molecular formula is C16H15BrClF. The third kappa shape index (κ3) is 3.80. The van der Waals surface area contributed by atoms with Crippen molar-refractivity contribution in [1.29, 1.82) is 0 Å². The summed E-state index contributed by atoms with van der Waals surface area (Å²) >= 11 is 9.44. The van der Waals surface area contributed by atoms with E-state index in [-0.39, 0.29) is 11.7 Å². The molecule has 0 amide bonds. The van der Waals surface area contributed by atoms with Crippen LogP contribution in [-0.4, -0.2) is 5.88 Å². The van der Waals surface area contributed by atoms with Gasteiger partial charge in [-0.15, -0.1) is 11.6 Å². The second-order valence-corrected chi connectivity index (χ2v) is 5.93. The lowest BCUT2D eigenvalue weighted by Gasteiger charge is -2.16. The van der Waals surface area contributed by atoms with Gasteiger partial charge in [-0.05, 0) is 42.7 Å². The van der Waals surface area contributed by atoms with Crippen molar-refractivity contribution >= 4 is 27.5 Å². The number of aryl methyl sites for hydroxylation is 1. The molecule has 0 aliphatic rings. The summed E-state index contributed by atoms with van der Waals surface area (Å²) in [6.45, 7) is 2.05. The van der Waals surface area contributed by atoms with Crippen LogP contribution in [0.15, 0.2) is 46.9 Å². The number of halogens is 3. The fraction of sp³-hybridized carbons (Fsp3) is 0.250. The fourth-order valence-corrected chi connectivity index (χ4v) is 2.85. The summed E-state index contributed by atoms with van der Waals surface area (Å²) in [5, 5.41) is 0. The number of benzene rings is 2. The predicted molar refractivity (Wildman–Crippen MR) is 82.4 cm³/mol. The van der Waals surface area contributed by atoms with Crippen LogP contribution in [0.25, 0.3) is 0 Å². The molecule has 0 N–H and O–H groups in total. The van der Waals surface area contributed by atoms with Gasteiger partial charge in [-0.3, -0.25) is 0 Å². The molecule has 1 unspecified atom stereocenters. The van der Waals surface area contributed by atoms with Gasteiger partial charge in [0.05, 0.1) is 0 Å². The Bertz CT molecular complexity index is 568. The minimum Gasteiger partial charge on any atom is -0.207 e. The van der Waals surface area contributed by atoms with E-state index < -0.39 is 0 Å². The molecule has 19 heavy (non-hydrogen) atoms. The van der Waals surface area contributed by atoms with E-state index in [0.717, 1.165) is 10.0 Å². The molecule has 2 aromatic carbocycles. The van der Waals surface area contributed by atoms with Crippen LogP contribution in [0.2, 0.25) is 0 Å². The zero-order valence-corrected chi connectivity index (χ0v) is 13.0. The maximum absolute atomic E-state index is 13.8. The molecule has 3 heteroatoms. The quantitative estimate of drug-likeness (QED) is 0.648. The first-order valence-electron chi connectivity index (χ1n) is 6.16. The molecule has 0 radical (unpaired) electrons. The highest BCUT2D eigenvalue weighted by atomic mass is 79.9. The smallest absolute Gasteiger partial charge is 0.126 e. The third-order valence-electron chi connectivity index (χ3n) is 3.17. The van der Waals surface area contributed by atoms with Crippen molar-refractivity contribution < 1.29 is 4.39 Å². The lowest BCUT2D eigenvalue weighted by Crippen LogP contribution is -2.06. The van der Waals surface area contributed by atoms with E-state index in [1.54, 1.807) is 6.07 Å². The minimum absolute atomic E-state index is 0.130. The molecule has 2 aromatic rings. The Morgan fingerprint density at radius 1 is 1.21 bits per heavy atom. The molecule has 0 fully saturated rings. The van der Waals surface area contributed by atoms with Crippen LogP contribution < -0.4 is 0 Å². The topological polar surface area (TPSA) is 0 Å². The lowest BCUT2D eigenvalue weighted by molar-refractivity contribution is 0.598. The maximum Gasteiger partial charge on any atom is 0.126 e. The lowest BCUT2D eigenvalue weighted by atomic mass is 9.92. The van der Waals surface area contributed by atoms with E-state index in [0.29, 0.717) is 17.9 Å².